The fourth-order valence-electron chi connectivity index (χ4n) is 1.57. The zero-order valence-corrected chi connectivity index (χ0v) is 10.8. The van der Waals surface area contributed by atoms with Crippen LogP contribution in [0.4, 0.5) is 5.69 Å². The summed E-state index contributed by atoms with van der Waals surface area (Å²) in [5.41, 5.74) is 1.12. The van der Waals surface area contributed by atoms with Gasteiger partial charge in [-0.3, -0.25) is 9.48 Å². The van der Waals surface area contributed by atoms with Gasteiger partial charge in [0.2, 0.25) is 5.91 Å². The Morgan fingerprint density at radius 1 is 1.53 bits per heavy atom. The molecule has 1 N–H and O–H groups in total. The molecule has 0 saturated heterocycles. The van der Waals surface area contributed by atoms with E-state index in [1.807, 2.05) is 6.07 Å². The summed E-state index contributed by atoms with van der Waals surface area (Å²) in [4.78, 5) is 11.7. The number of halogens is 1. The quantitative estimate of drug-likeness (QED) is 0.931. The molecule has 0 atom stereocenters. The molecule has 6 heteroatoms. The highest BCUT2D eigenvalue weighted by atomic mass is 35.5. The topological polar surface area (TPSA) is 70.7 Å². The summed E-state index contributed by atoms with van der Waals surface area (Å²) in [6, 6.07) is 8.79. The summed E-state index contributed by atoms with van der Waals surface area (Å²) in [5.74, 6) is -0.137. The van der Waals surface area contributed by atoms with Crippen molar-refractivity contribution >= 4 is 23.2 Å². The molecule has 0 unspecified atom stereocenters. The van der Waals surface area contributed by atoms with Crippen LogP contribution in [0.3, 0.4) is 0 Å². The predicted molar refractivity (Wildman–Crippen MR) is 71.6 cm³/mol. The van der Waals surface area contributed by atoms with Gasteiger partial charge in [-0.1, -0.05) is 17.7 Å². The summed E-state index contributed by atoms with van der Waals surface area (Å²) in [5, 5.41) is 16.0. The van der Waals surface area contributed by atoms with Crippen LogP contribution in [0.5, 0.6) is 0 Å². The molecular weight excluding hydrogens is 264 g/mol. The van der Waals surface area contributed by atoms with Crippen LogP contribution in [0, 0.1) is 11.3 Å². The maximum Gasteiger partial charge on any atom is 0.226 e. The standard InChI is InChI=1S/C13H11ClN4O/c14-11-8-16-18(9-11)5-4-13(19)17-12-3-1-2-10(6-12)7-15/h1-3,6,8-9H,4-5H2,(H,17,19). The Labute approximate surface area is 115 Å². The van der Waals surface area contributed by atoms with E-state index in [4.69, 9.17) is 16.9 Å². The van der Waals surface area contributed by atoms with Crippen LogP contribution in [-0.2, 0) is 11.3 Å². The van der Waals surface area contributed by atoms with Gasteiger partial charge in [0.15, 0.2) is 0 Å². The Morgan fingerprint density at radius 2 is 2.37 bits per heavy atom. The molecule has 5 nitrogen and oxygen atoms in total. The number of hydrogen-bond donors (Lipinski definition) is 1. The SMILES string of the molecule is N#Cc1cccc(NC(=O)CCn2cc(Cl)cn2)c1. The van der Waals surface area contributed by atoms with Gasteiger partial charge in [0.1, 0.15) is 0 Å². The first-order chi connectivity index (χ1) is 9.17. The number of rotatable bonds is 4. The highest BCUT2D eigenvalue weighted by Gasteiger charge is 2.04. The summed E-state index contributed by atoms with van der Waals surface area (Å²) < 4.78 is 1.60. The van der Waals surface area contributed by atoms with Crippen LogP contribution in [0.15, 0.2) is 36.7 Å². The minimum atomic E-state index is -0.137. The molecule has 0 spiro atoms. The first-order valence-electron chi connectivity index (χ1n) is 5.65. The Morgan fingerprint density at radius 3 is 3.05 bits per heavy atom. The molecule has 1 aromatic heterocycles. The van der Waals surface area contributed by atoms with Crippen LogP contribution in [-0.4, -0.2) is 15.7 Å². The van der Waals surface area contributed by atoms with Crippen molar-refractivity contribution in [1.82, 2.24) is 9.78 Å². The van der Waals surface area contributed by atoms with E-state index in [2.05, 4.69) is 10.4 Å². The van der Waals surface area contributed by atoms with Crippen molar-refractivity contribution in [3.8, 4) is 6.07 Å². The second-order valence-electron chi connectivity index (χ2n) is 3.91. The fourth-order valence-corrected chi connectivity index (χ4v) is 1.72. The Hall–Kier alpha value is -2.32. The lowest BCUT2D eigenvalue weighted by Crippen LogP contribution is -2.14. The number of amides is 1. The Kier molecular flexibility index (Phi) is 4.16. The van der Waals surface area contributed by atoms with Crippen LogP contribution < -0.4 is 5.32 Å². The largest absolute Gasteiger partial charge is 0.326 e. The van der Waals surface area contributed by atoms with Crippen molar-refractivity contribution in [2.45, 2.75) is 13.0 Å². The molecule has 96 valence electrons. The monoisotopic (exact) mass is 274 g/mol. The van der Waals surface area contributed by atoms with Gasteiger partial charge >= 0.3 is 0 Å². The van der Waals surface area contributed by atoms with E-state index >= 15 is 0 Å². The number of aromatic nitrogens is 2. The number of carbonyl (C=O) groups is 1. The molecule has 2 aromatic rings. The van der Waals surface area contributed by atoms with Gasteiger partial charge in [-0.25, -0.2) is 0 Å². The summed E-state index contributed by atoms with van der Waals surface area (Å²) in [7, 11) is 0. The van der Waals surface area contributed by atoms with Gasteiger partial charge in [0, 0.05) is 24.8 Å². The summed E-state index contributed by atoms with van der Waals surface area (Å²) >= 11 is 5.72. The van der Waals surface area contributed by atoms with E-state index in [-0.39, 0.29) is 12.3 Å². The lowest BCUT2D eigenvalue weighted by atomic mass is 10.2. The second kappa shape index (κ2) is 6.03. The normalized spacial score (nSPS) is 9.89. The molecule has 0 bridgehead atoms. The number of nitrogens with zero attached hydrogens (tertiary/aromatic N) is 3. The molecule has 1 heterocycles. The molecular formula is C13H11ClN4O. The van der Waals surface area contributed by atoms with Crippen molar-refractivity contribution in [3.63, 3.8) is 0 Å². The fraction of sp³-hybridized carbons (Fsp3) is 0.154. The molecule has 1 aromatic carbocycles. The van der Waals surface area contributed by atoms with Crippen molar-refractivity contribution in [2.24, 2.45) is 0 Å². The number of benzene rings is 1. The van der Waals surface area contributed by atoms with Crippen molar-refractivity contribution in [3.05, 3.63) is 47.2 Å². The average Bonchev–Trinajstić information content (AvgIpc) is 2.82. The van der Waals surface area contributed by atoms with Crippen molar-refractivity contribution in [1.29, 1.82) is 5.26 Å². The number of carbonyl (C=O) groups excluding carboxylic acids is 1. The second-order valence-corrected chi connectivity index (χ2v) is 4.35. The Balaban J connectivity index is 1.89. The molecule has 19 heavy (non-hydrogen) atoms. The average molecular weight is 275 g/mol. The van der Waals surface area contributed by atoms with Crippen LogP contribution in [0.25, 0.3) is 0 Å². The van der Waals surface area contributed by atoms with E-state index in [0.29, 0.717) is 22.8 Å². The zero-order valence-electron chi connectivity index (χ0n) is 10.0. The lowest BCUT2D eigenvalue weighted by molar-refractivity contribution is -0.116. The molecule has 0 radical (unpaired) electrons. The molecule has 2 rings (SSSR count). The summed E-state index contributed by atoms with van der Waals surface area (Å²) in [6.45, 7) is 0.455. The predicted octanol–water partition coefficient (Wildman–Crippen LogP) is 2.44. The van der Waals surface area contributed by atoms with Crippen molar-refractivity contribution in [2.75, 3.05) is 5.32 Å². The van der Waals surface area contributed by atoms with Crippen LogP contribution >= 0.6 is 11.6 Å². The molecule has 0 aliphatic carbocycles. The molecule has 0 aliphatic heterocycles. The third-order valence-corrected chi connectivity index (χ3v) is 2.64. The third-order valence-electron chi connectivity index (χ3n) is 2.45. The number of nitriles is 1. The summed E-state index contributed by atoms with van der Waals surface area (Å²) in [6.07, 6.45) is 3.47. The minimum Gasteiger partial charge on any atom is -0.326 e. The van der Waals surface area contributed by atoms with E-state index in [1.54, 1.807) is 35.1 Å². The molecule has 0 fully saturated rings. The molecule has 0 aliphatic rings. The van der Waals surface area contributed by atoms with Gasteiger partial charge in [-0.05, 0) is 18.2 Å². The smallest absolute Gasteiger partial charge is 0.226 e. The third kappa shape index (κ3) is 3.83. The van der Waals surface area contributed by atoms with Crippen LogP contribution in [0.2, 0.25) is 5.02 Å². The Bertz CT molecular complexity index is 630. The maximum absolute atomic E-state index is 11.7. The number of anilines is 1. The van der Waals surface area contributed by atoms with Crippen molar-refractivity contribution < 1.29 is 4.79 Å². The number of nitrogens with one attached hydrogen (secondary N) is 1. The zero-order chi connectivity index (χ0) is 13.7. The molecule has 0 saturated carbocycles. The molecule has 1 amide bonds. The van der Waals surface area contributed by atoms with Gasteiger partial charge in [-0.2, -0.15) is 10.4 Å². The highest BCUT2D eigenvalue weighted by molar-refractivity contribution is 6.30. The maximum atomic E-state index is 11.7. The van der Waals surface area contributed by atoms with Gasteiger partial charge in [0.25, 0.3) is 0 Å². The lowest BCUT2D eigenvalue weighted by Gasteiger charge is -2.05. The van der Waals surface area contributed by atoms with E-state index in [1.165, 1.54) is 6.20 Å². The number of aryl methyl sites for hydroxylation is 1. The van der Waals surface area contributed by atoms with Gasteiger partial charge in [0.05, 0.1) is 22.9 Å². The first kappa shape index (κ1) is 13.1. The first-order valence-corrected chi connectivity index (χ1v) is 6.03. The number of hydrogen-bond acceptors (Lipinski definition) is 3. The van der Waals surface area contributed by atoms with E-state index in [0.717, 1.165) is 0 Å². The van der Waals surface area contributed by atoms with E-state index < -0.39 is 0 Å². The minimum absolute atomic E-state index is 0.137. The highest BCUT2D eigenvalue weighted by Crippen LogP contribution is 2.10. The van der Waals surface area contributed by atoms with Gasteiger partial charge < -0.3 is 5.32 Å². The van der Waals surface area contributed by atoms with E-state index in [9.17, 15) is 4.79 Å². The van der Waals surface area contributed by atoms with Gasteiger partial charge in [-0.15, -0.1) is 0 Å². The van der Waals surface area contributed by atoms with Crippen LogP contribution in [0.1, 0.15) is 12.0 Å².